The maximum atomic E-state index is 6.04. The van der Waals surface area contributed by atoms with E-state index in [1.54, 1.807) is 23.7 Å². The van der Waals surface area contributed by atoms with E-state index in [1.165, 1.54) is 0 Å². The van der Waals surface area contributed by atoms with Crippen molar-refractivity contribution in [1.82, 2.24) is 15.6 Å². The summed E-state index contributed by atoms with van der Waals surface area (Å²) in [6, 6.07) is 3.57. The lowest BCUT2D eigenvalue weighted by atomic mass is 10.1. The van der Waals surface area contributed by atoms with Crippen LogP contribution >= 0.6 is 22.9 Å². The van der Waals surface area contributed by atoms with Crippen LogP contribution in [0.1, 0.15) is 16.5 Å². The second kappa shape index (κ2) is 4.67. The highest BCUT2D eigenvalue weighted by molar-refractivity contribution is 7.10. The SMILES string of the molecule is NNC(c1ccnnc1)c1sccc1Cl. The van der Waals surface area contributed by atoms with E-state index in [2.05, 4.69) is 15.6 Å². The molecule has 2 rings (SSSR count). The first-order valence-corrected chi connectivity index (χ1v) is 5.54. The summed E-state index contributed by atoms with van der Waals surface area (Å²) in [6.45, 7) is 0. The molecule has 15 heavy (non-hydrogen) atoms. The lowest BCUT2D eigenvalue weighted by molar-refractivity contribution is 0.642. The lowest BCUT2D eigenvalue weighted by Crippen LogP contribution is -2.28. The molecule has 0 aliphatic rings. The molecule has 3 N–H and O–H groups in total. The number of hydrogen-bond acceptors (Lipinski definition) is 5. The normalized spacial score (nSPS) is 12.7. The largest absolute Gasteiger partial charge is 0.271 e. The Labute approximate surface area is 96.1 Å². The highest BCUT2D eigenvalue weighted by Crippen LogP contribution is 2.31. The van der Waals surface area contributed by atoms with Crippen molar-refractivity contribution < 1.29 is 0 Å². The van der Waals surface area contributed by atoms with E-state index < -0.39 is 0 Å². The Morgan fingerprint density at radius 1 is 1.40 bits per heavy atom. The van der Waals surface area contributed by atoms with Gasteiger partial charge in [-0.25, -0.2) is 5.43 Å². The molecule has 0 bridgehead atoms. The van der Waals surface area contributed by atoms with Gasteiger partial charge in [-0.3, -0.25) is 5.84 Å². The number of nitrogens with two attached hydrogens (primary N) is 1. The smallest absolute Gasteiger partial charge is 0.0833 e. The van der Waals surface area contributed by atoms with Crippen molar-refractivity contribution in [3.63, 3.8) is 0 Å². The Morgan fingerprint density at radius 2 is 2.27 bits per heavy atom. The van der Waals surface area contributed by atoms with Gasteiger partial charge in [-0.05, 0) is 23.1 Å². The minimum atomic E-state index is -0.131. The molecule has 0 aliphatic carbocycles. The summed E-state index contributed by atoms with van der Waals surface area (Å²) < 4.78 is 0. The first-order chi connectivity index (χ1) is 7.33. The fourth-order valence-corrected chi connectivity index (χ4v) is 2.56. The Balaban J connectivity index is 2.37. The molecule has 2 aromatic rings. The van der Waals surface area contributed by atoms with Crippen LogP contribution in [-0.4, -0.2) is 10.2 Å². The molecule has 0 spiro atoms. The highest BCUT2D eigenvalue weighted by Gasteiger charge is 2.16. The summed E-state index contributed by atoms with van der Waals surface area (Å²) in [5.41, 5.74) is 3.66. The highest BCUT2D eigenvalue weighted by atomic mass is 35.5. The molecule has 0 aromatic carbocycles. The number of nitrogens with one attached hydrogen (secondary N) is 1. The molecule has 6 heteroatoms. The van der Waals surface area contributed by atoms with Crippen molar-refractivity contribution in [3.8, 4) is 0 Å². The van der Waals surface area contributed by atoms with Crippen molar-refractivity contribution in [2.45, 2.75) is 6.04 Å². The van der Waals surface area contributed by atoms with Crippen LogP contribution in [0.4, 0.5) is 0 Å². The van der Waals surface area contributed by atoms with Crippen molar-refractivity contribution >= 4 is 22.9 Å². The average Bonchev–Trinajstić information content (AvgIpc) is 2.68. The second-order valence-electron chi connectivity index (χ2n) is 2.91. The lowest BCUT2D eigenvalue weighted by Gasteiger charge is -2.14. The molecular formula is C9H9ClN4S. The maximum Gasteiger partial charge on any atom is 0.0833 e. The standard InChI is InChI=1S/C9H9ClN4S/c10-7-2-4-15-9(7)8(14-11)6-1-3-12-13-5-6/h1-5,8,14H,11H2. The number of rotatable bonds is 3. The Bertz CT molecular complexity index is 431. The number of hydrazine groups is 1. The first-order valence-electron chi connectivity index (χ1n) is 4.28. The van der Waals surface area contributed by atoms with E-state index in [9.17, 15) is 0 Å². The molecule has 1 unspecified atom stereocenters. The third-order valence-electron chi connectivity index (χ3n) is 2.01. The number of thiophene rings is 1. The minimum Gasteiger partial charge on any atom is -0.271 e. The van der Waals surface area contributed by atoms with Crippen LogP contribution in [0.2, 0.25) is 5.02 Å². The van der Waals surface area contributed by atoms with Gasteiger partial charge >= 0.3 is 0 Å². The molecule has 4 nitrogen and oxygen atoms in total. The molecular weight excluding hydrogens is 232 g/mol. The fourth-order valence-electron chi connectivity index (χ4n) is 1.31. The molecule has 0 saturated heterocycles. The summed E-state index contributed by atoms with van der Waals surface area (Å²) >= 11 is 7.60. The zero-order chi connectivity index (χ0) is 10.7. The van der Waals surface area contributed by atoms with Crippen LogP contribution in [-0.2, 0) is 0 Å². The summed E-state index contributed by atoms with van der Waals surface area (Å²) in [4.78, 5) is 0.979. The molecule has 0 fully saturated rings. The average molecular weight is 241 g/mol. The van der Waals surface area contributed by atoms with E-state index >= 15 is 0 Å². The third-order valence-corrected chi connectivity index (χ3v) is 3.44. The van der Waals surface area contributed by atoms with E-state index in [4.69, 9.17) is 17.4 Å². The van der Waals surface area contributed by atoms with E-state index in [-0.39, 0.29) is 6.04 Å². The van der Waals surface area contributed by atoms with E-state index in [0.717, 1.165) is 10.4 Å². The van der Waals surface area contributed by atoms with Gasteiger partial charge < -0.3 is 0 Å². The van der Waals surface area contributed by atoms with Gasteiger partial charge in [0.05, 0.1) is 17.3 Å². The van der Waals surface area contributed by atoms with Crippen LogP contribution < -0.4 is 11.3 Å². The van der Waals surface area contributed by atoms with Gasteiger partial charge in [-0.1, -0.05) is 11.6 Å². The van der Waals surface area contributed by atoms with Gasteiger partial charge in [0.1, 0.15) is 0 Å². The zero-order valence-electron chi connectivity index (χ0n) is 7.72. The minimum absolute atomic E-state index is 0.131. The Kier molecular flexibility index (Phi) is 3.27. The van der Waals surface area contributed by atoms with Crippen molar-refractivity contribution in [2.24, 2.45) is 5.84 Å². The quantitative estimate of drug-likeness (QED) is 0.634. The number of aromatic nitrogens is 2. The van der Waals surface area contributed by atoms with Gasteiger partial charge in [0.25, 0.3) is 0 Å². The van der Waals surface area contributed by atoms with Gasteiger partial charge in [0.15, 0.2) is 0 Å². The summed E-state index contributed by atoms with van der Waals surface area (Å²) in [5, 5.41) is 10.2. The summed E-state index contributed by atoms with van der Waals surface area (Å²) in [6.07, 6.45) is 3.29. The van der Waals surface area contributed by atoms with Crippen molar-refractivity contribution in [2.75, 3.05) is 0 Å². The number of nitrogens with zero attached hydrogens (tertiary/aromatic N) is 2. The van der Waals surface area contributed by atoms with Crippen LogP contribution in [0.15, 0.2) is 29.9 Å². The molecule has 78 valence electrons. The van der Waals surface area contributed by atoms with E-state index in [1.807, 2.05) is 17.5 Å². The van der Waals surface area contributed by atoms with E-state index in [0.29, 0.717) is 5.02 Å². The molecule has 0 aliphatic heterocycles. The van der Waals surface area contributed by atoms with Gasteiger partial charge in [0, 0.05) is 11.1 Å². The van der Waals surface area contributed by atoms with Crippen molar-refractivity contribution in [3.05, 3.63) is 45.4 Å². The molecule has 0 amide bonds. The maximum absolute atomic E-state index is 6.04. The Morgan fingerprint density at radius 3 is 2.80 bits per heavy atom. The van der Waals surface area contributed by atoms with Gasteiger partial charge in [0.2, 0.25) is 0 Å². The number of hydrogen-bond donors (Lipinski definition) is 2. The second-order valence-corrected chi connectivity index (χ2v) is 4.26. The fraction of sp³-hybridized carbons (Fsp3) is 0.111. The van der Waals surface area contributed by atoms with Crippen molar-refractivity contribution in [1.29, 1.82) is 0 Å². The molecule has 2 heterocycles. The molecule has 2 aromatic heterocycles. The van der Waals surface area contributed by atoms with Gasteiger partial charge in [-0.15, -0.1) is 11.3 Å². The first kappa shape index (κ1) is 10.5. The van der Waals surface area contributed by atoms with Crippen LogP contribution in [0.25, 0.3) is 0 Å². The number of halogens is 1. The Hall–Kier alpha value is -1.01. The zero-order valence-corrected chi connectivity index (χ0v) is 9.29. The molecule has 1 atom stereocenters. The monoisotopic (exact) mass is 240 g/mol. The van der Waals surface area contributed by atoms with Crippen LogP contribution in [0.3, 0.4) is 0 Å². The summed E-state index contributed by atoms with van der Waals surface area (Å²) in [7, 11) is 0. The van der Waals surface area contributed by atoms with Crippen LogP contribution in [0.5, 0.6) is 0 Å². The predicted octanol–water partition coefficient (Wildman–Crippen LogP) is 1.74. The van der Waals surface area contributed by atoms with Gasteiger partial charge in [-0.2, -0.15) is 10.2 Å². The summed E-state index contributed by atoms with van der Waals surface area (Å²) in [5.74, 6) is 5.51. The third kappa shape index (κ3) is 2.15. The van der Waals surface area contributed by atoms with Crippen LogP contribution in [0, 0.1) is 0 Å². The topological polar surface area (TPSA) is 63.8 Å². The predicted molar refractivity (Wildman–Crippen MR) is 60.5 cm³/mol. The molecule has 0 radical (unpaired) electrons. The molecule has 0 saturated carbocycles.